The van der Waals surface area contributed by atoms with Crippen molar-refractivity contribution in [3.63, 3.8) is 0 Å². The van der Waals surface area contributed by atoms with Gasteiger partial charge in [-0.05, 0) is 17.7 Å². The number of halogens is 2. The van der Waals surface area contributed by atoms with Crippen LogP contribution >= 0.6 is 23.2 Å². The second-order valence-corrected chi connectivity index (χ2v) is 4.23. The van der Waals surface area contributed by atoms with Crippen molar-refractivity contribution in [2.45, 2.75) is 5.50 Å². The molecule has 0 aromatic heterocycles. The first kappa shape index (κ1) is 12.1. The van der Waals surface area contributed by atoms with E-state index in [4.69, 9.17) is 23.2 Å². The summed E-state index contributed by atoms with van der Waals surface area (Å²) in [5.41, 5.74) is 1.04. The van der Waals surface area contributed by atoms with Crippen molar-refractivity contribution in [1.82, 2.24) is 0 Å². The zero-order chi connectivity index (χ0) is 12.1. The quantitative estimate of drug-likeness (QED) is 0.405. The molecule has 4 heteroatoms. The van der Waals surface area contributed by atoms with Crippen LogP contribution in [0, 0.1) is 0 Å². The van der Waals surface area contributed by atoms with Gasteiger partial charge in [0, 0.05) is 0 Å². The molecule has 0 spiro atoms. The van der Waals surface area contributed by atoms with Crippen LogP contribution in [0.3, 0.4) is 0 Å². The monoisotopic (exact) mass is 264 g/mol. The van der Waals surface area contributed by atoms with E-state index in [1.165, 1.54) is 0 Å². The maximum atomic E-state index is 6.10. The minimum Gasteiger partial charge on any atom is -0.164 e. The molecular weight excluding hydrogens is 255 g/mol. The minimum absolute atomic E-state index is 0.493. The Bertz CT molecular complexity index is 512. The molecule has 0 saturated carbocycles. The summed E-state index contributed by atoms with van der Waals surface area (Å²) in [7, 11) is 0. The van der Waals surface area contributed by atoms with Crippen molar-refractivity contribution < 1.29 is 0 Å². The standard InChI is InChI=1S/C13H10Cl2N2/c14-11-8-4-5-9-12(11)16-17-13(15)10-6-2-1-3-7-10/h1-9,13H. The fourth-order valence-electron chi connectivity index (χ4n) is 1.32. The average molecular weight is 265 g/mol. The van der Waals surface area contributed by atoms with E-state index in [1.807, 2.05) is 42.5 Å². The van der Waals surface area contributed by atoms with Crippen LogP contribution in [0.15, 0.2) is 64.8 Å². The van der Waals surface area contributed by atoms with E-state index in [0.29, 0.717) is 10.7 Å². The van der Waals surface area contributed by atoms with Gasteiger partial charge in [0.1, 0.15) is 5.69 Å². The van der Waals surface area contributed by atoms with Gasteiger partial charge in [0.15, 0.2) is 5.50 Å². The maximum absolute atomic E-state index is 6.10. The summed E-state index contributed by atoms with van der Waals surface area (Å²) in [4.78, 5) is 0. The van der Waals surface area contributed by atoms with Crippen LogP contribution in [0.4, 0.5) is 5.69 Å². The molecule has 0 radical (unpaired) electrons. The molecule has 2 rings (SSSR count). The molecule has 1 unspecified atom stereocenters. The Kier molecular flexibility index (Phi) is 4.13. The molecule has 2 aromatic carbocycles. The van der Waals surface area contributed by atoms with Crippen molar-refractivity contribution in [1.29, 1.82) is 0 Å². The van der Waals surface area contributed by atoms with Crippen LogP contribution in [-0.4, -0.2) is 0 Å². The van der Waals surface area contributed by atoms with Crippen molar-refractivity contribution in [2.24, 2.45) is 10.2 Å². The van der Waals surface area contributed by atoms with E-state index in [0.717, 1.165) is 5.56 Å². The normalized spacial score (nSPS) is 12.8. The average Bonchev–Trinajstić information content (AvgIpc) is 2.38. The highest BCUT2D eigenvalue weighted by Gasteiger charge is 2.04. The highest BCUT2D eigenvalue weighted by atomic mass is 35.5. The topological polar surface area (TPSA) is 24.7 Å². The molecule has 0 saturated heterocycles. The lowest BCUT2D eigenvalue weighted by Crippen LogP contribution is -1.83. The Hall–Kier alpha value is -1.38. The molecule has 17 heavy (non-hydrogen) atoms. The number of benzene rings is 2. The number of alkyl halides is 1. The molecule has 0 aliphatic heterocycles. The van der Waals surface area contributed by atoms with Crippen molar-refractivity contribution in [3.05, 3.63) is 65.2 Å². The van der Waals surface area contributed by atoms with Gasteiger partial charge in [-0.2, -0.15) is 10.2 Å². The summed E-state index contributed by atoms with van der Waals surface area (Å²) >= 11 is 12.1. The van der Waals surface area contributed by atoms with Gasteiger partial charge >= 0.3 is 0 Å². The lowest BCUT2D eigenvalue weighted by atomic mass is 10.2. The van der Waals surface area contributed by atoms with E-state index >= 15 is 0 Å². The third kappa shape index (κ3) is 3.29. The molecule has 0 fully saturated rings. The highest BCUT2D eigenvalue weighted by molar-refractivity contribution is 6.32. The van der Waals surface area contributed by atoms with Gasteiger partial charge in [-0.1, -0.05) is 65.7 Å². The lowest BCUT2D eigenvalue weighted by molar-refractivity contribution is 0.921. The van der Waals surface area contributed by atoms with E-state index in [2.05, 4.69) is 10.2 Å². The first-order valence-electron chi connectivity index (χ1n) is 5.12. The summed E-state index contributed by atoms with van der Waals surface area (Å²) in [5, 5.41) is 8.64. The number of hydrogen-bond donors (Lipinski definition) is 0. The van der Waals surface area contributed by atoms with Gasteiger partial charge < -0.3 is 0 Å². The van der Waals surface area contributed by atoms with Gasteiger partial charge in [0.2, 0.25) is 0 Å². The molecular formula is C13H10Cl2N2. The van der Waals surface area contributed by atoms with Crippen molar-refractivity contribution in [2.75, 3.05) is 0 Å². The number of hydrogen-bond acceptors (Lipinski definition) is 2. The van der Waals surface area contributed by atoms with Gasteiger partial charge in [-0.15, -0.1) is 0 Å². The van der Waals surface area contributed by atoms with Gasteiger partial charge in [0.05, 0.1) is 5.02 Å². The molecule has 1 atom stereocenters. The van der Waals surface area contributed by atoms with Crippen molar-refractivity contribution in [3.8, 4) is 0 Å². The Morgan fingerprint density at radius 3 is 2.24 bits per heavy atom. The van der Waals surface area contributed by atoms with Gasteiger partial charge in [-0.3, -0.25) is 0 Å². The Labute approximate surface area is 110 Å². The van der Waals surface area contributed by atoms with Gasteiger partial charge in [0.25, 0.3) is 0 Å². The highest BCUT2D eigenvalue weighted by Crippen LogP contribution is 2.28. The fourth-order valence-corrected chi connectivity index (χ4v) is 1.69. The van der Waals surface area contributed by atoms with E-state index in [1.54, 1.807) is 12.1 Å². The minimum atomic E-state index is -0.493. The largest absolute Gasteiger partial charge is 0.169 e. The molecule has 2 nitrogen and oxygen atoms in total. The second-order valence-electron chi connectivity index (χ2n) is 3.41. The SMILES string of the molecule is Clc1ccccc1N=NC(Cl)c1ccccc1. The van der Waals surface area contributed by atoms with Crippen LogP contribution in [-0.2, 0) is 0 Å². The first-order chi connectivity index (χ1) is 8.27. The van der Waals surface area contributed by atoms with Crippen molar-refractivity contribution >= 4 is 28.9 Å². The van der Waals surface area contributed by atoms with Crippen LogP contribution in [0.2, 0.25) is 5.02 Å². The molecule has 0 bridgehead atoms. The van der Waals surface area contributed by atoms with Crippen LogP contribution in [0.1, 0.15) is 11.1 Å². The molecule has 86 valence electrons. The molecule has 0 aliphatic rings. The van der Waals surface area contributed by atoms with E-state index < -0.39 is 5.50 Å². The summed E-state index contributed by atoms with van der Waals surface area (Å²) in [6, 6.07) is 16.8. The summed E-state index contributed by atoms with van der Waals surface area (Å²) < 4.78 is 0. The molecule has 2 aromatic rings. The van der Waals surface area contributed by atoms with Crippen LogP contribution < -0.4 is 0 Å². The Morgan fingerprint density at radius 1 is 0.882 bits per heavy atom. The van der Waals surface area contributed by atoms with E-state index in [9.17, 15) is 0 Å². The molecule has 0 heterocycles. The summed E-state index contributed by atoms with van der Waals surface area (Å²) in [6.45, 7) is 0. The number of nitrogens with zero attached hydrogens (tertiary/aromatic N) is 2. The number of azo groups is 1. The lowest BCUT2D eigenvalue weighted by Gasteiger charge is -2.02. The fraction of sp³-hybridized carbons (Fsp3) is 0.0769. The predicted octanol–water partition coefficient (Wildman–Crippen LogP) is 5.36. The first-order valence-corrected chi connectivity index (χ1v) is 5.93. The third-order valence-electron chi connectivity index (χ3n) is 2.19. The van der Waals surface area contributed by atoms with Crippen LogP contribution in [0.25, 0.3) is 0 Å². The third-order valence-corrected chi connectivity index (χ3v) is 2.85. The predicted molar refractivity (Wildman–Crippen MR) is 71.0 cm³/mol. The number of rotatable bonds is 3. The zero-order valence-electron chi connectivity index (χ0n) is 8.92. The second kappa shape index (κ2) is 5.80. The Morgan fingerprint density at radius 2 is 1.53 bits per heavy atom. The van der Waals surface area contributed by atoms with E-state index in [-0.39, 0.29) is 0 Å². The molecule has 0 aliphatic carbocycles. The zero-order valence-corrected chi connectivity index (χ0v) is 10.4. The Balaban J connectivity index is 2.14. The van der Waals surface area contributed by atoms with Gasteiger partial charge in [-0.25, -0.2) is 0 Å². The summed E-state index contributed by atoms with van der Waals surface area (Å²) in [5.74, 6) is 0. The smallest absolute Gasteiger partial charge is 0.164 e. The van der Waals surface area contributed by atoms with Crippen LogP contribution in [0.5, 0.6) is 0 Å². The molecule has 0 N–H and O–H groups in total. The summed E-state index contributed by atoms with van der Waals surface area (Å²) in [6.07, 6.45) is 0. The maximum Gasteiger partial charge on any atom is 0.169 e. The molecule has 0 amide bonds.